The minimum Gasteiger partial charge on any atom is -0.469 e. The van der Waals surface area contributed by atoms with Crippen molar-refractivity contribution in [2.24, 2.45) is 0 Å². The number of ether oxygens (including phenoxy) is 1. The molecule has 0 radical (unpaired) electrons. The van der Waals surface area contributed by atoms with Gasteiger partial charge in [0, 0.05) is 34.6 Å². The third kappa shape index (κ3) is 5.27. The van der Waals surface area contributed by atoms with Gasteiger partial charge in [-0.1, -0.05) is 42.5 Å². The summed E-state index contributed by atoms with van der Waals surface area (Å²) in [4.78, 5) is 31.3. The summed E-state index contributed by atoms with van der Waals surface area (Å²) >= 11 is 1.69. The molecule has 178 valence electrons. The Hall–Kier alpha value is -3.91. The number of rotatable bonds is 6. The highest BCUT2D eigenvalue weighted by Crippen LogP contribution is 2.38. The number of hydrogen-bond donors (Lipinski definition) is 3. The van der Waals surface area contributed by atoms with Crippen LogP contribution in [0, 0.1) is 0 Å². The zero-order valence-corrected chi connectivity index (χ0v) is 20.1. The number of nitrogens with one attached hydrogen (secondary N) is 3. The molecule has 3 aromatic carbocycles. The van der Waals surface area contributed by atoms with Crippen LogP contribution in [0.25, 0.3) is 10.9 Å². The van der Waals surface area contributed by atoms with Crippen molar-refractivity contribution in [3.8, 4) is 0 Å². The topological polar surface area (TPSA) is 86.5 Å². The lowest BCUT2D eigenvalue weighted by atomic mass is 10.1. The van der Waals surface area contributed by atoms with Gasteiger partial charge in [-0.05, 0) is 46.8 Å². The van der Waals surface area contributed by atoms with Crippen LogP contribution in [0.1, 0.15) is 11.1 Å². The number of anilines is 2. The number of urea groups is 1. The molecule has 1 atom stereocenters. The number of hydrogen-bond acceptors (Lipinski definition) is 5. The lowest BCUT2D eigenvalue weighted by Gasteiger charge is -2.39. The number of nitrogens with zero attached hydrogens (tertiary/aromatic N) is 1. The number of carbonyl (C=O) groups is 2. The van der Waals surface area contributed by atoms with Gasteiger partial charge in [-0.15, -0.1) is 11.8 Å². The Morgan fingerprint density at radius 1 is 1.06 bits per heavy atom. The van der Waals surface area contributed by atoms with Crippen LogP contribution < -0.4 is 15.5 Å². The van der Waals surface area contributed by atoms with E-state index in [0.717, 1.165) is 38.3 Å². The van der Waals surface area contributed by atoms with Crippen LogP contribution in [0.15, 0.2) is 83.9 Å². The molecule has 8 heteroatoms. The molecule has 0 spiro atoms. The van der Waals surface area contributed by atoms with Crippen LogP contribution in [-0.2, 0) is 22.5 Å². The average molecular weight is 487 g/mol. The molecule has 0 bridgehead atoms. The van der Waals surface area contributed by atoms with Crippen LogP contribution in [-0.4, -0.2) is 36.0 Å². The van der Waals surface area contributed by atoms with E-state index in [2.05, 4.69) is 32.7 Å². The number of aromatic amines is 1. The molecular formula is C27H26N4O3S. The maximum atomic E-state index is 13.0. The third-order valence-electron chi connectivity index (χ3n) is 5.99. The fourth-order valence-electron chi connectivity index (χ4n) is 4.22. The zero-order chi connectivity index (χ0) is 24.2. The van der Waals surface area contributed by atoms with Crippen LogP contribution in [0.3, 0.4) is 0 Å². The highest BCUT2D eigenvalue weighted by atomic mass is 32.2. The Kier molecular flexibility index (Phi) is 6.63. The van der Waals surface area contributed by atoms with E-state index in [1.165, 1.54) is 7.11 Å². The molecule has 2 heterocycles. The van der Waals surface area contributed by atoms with E-state index in [0.29, 0.717) is 12.3 Å². The van der Waals surface area contributed by atoms with Crippen molar-refractivity contribution in [2.45, 2.75) is 24.0 Å². The quantitative estimate of drug-likeness (QED) is 0.329. The second-order valence-electron chi connectivity index (χ2n) is 8.37. The summed E-state index contributed by atoms with van der Waals surface area (Å²) < 4.78 is 4.85. The summed E-state index contributed by atoms with van der Waals surface area (Å²) in [5, 5.41) is 7.19. The number of fused-ring (bicyclic) bond motifs is 2. The number of amides is 2. The van der Waals surface area contributed by atoms with Gasteiger partial charge in [0.2, 0.25) is 0 Å². The first-order chi connectivity index (χ1) is 17.1. The minimum absolute atomic E-state index is 0.202. The van der Waals surface area contributed by atoms with Crippen molar-refractivity contribution in [2.75, 3.05) is 23.1 Å². The normalized spacial score (nSPS) is 14.9. The van der Waals surface area contributed by atoms with Crippen LogP contribution >= 0.6 is 11.8 Å². The molecular weight excluding hydrogens is 460 g/mol. The Labute approximate surface area is 207 Å². The monoisotopic (exact) mass is 486 g/mol. The molecule has 0 saturated carbocycles. The summed E-state index contributed by atoms with van der Waals surface area (Å²) in [7, 11) is 1.39. The molecule has 1 unspecified atom stereocenters. The molecule has 7 nitrogen and oxygen atoms in total. The number of H-pyrrole nitrogens is 1. The molecule has 4 aromatic rings. The van der Waals surface area contributed by atoms with Crippen molar-refractivity contribution in [3.63, 3.8) is 0 Å². The highest BCUT2D eigenvalue weighted by Gasteiger charge is 2.29. The smallest absolute Gasteiger partial charge is 0.320 e. The Morgan fingerprint density at radius 2 is 1.91 bits per heavy atom. The van der Waals surface area contributed by atoms with Gasteiger partial charge in [-0.25, -0.2) is 4.79 Å². The summed E-state index contributed by atoms with van der Waals surface area (Å²) in [6, 6.07) is 23.7. The lowest BCUT2D eigenvalue weighted by molar-refractivity contribution is -0.139. The minimum atomic E-state index is -0.281. The van der Waals surface area contributed by atoms with Gasteiger partial charge in [0.1, 0.15) is 6.17 Å². The van der Waals surface area contributed by atoms with Crippen LogP contribution in [0.2, 0.25) is 0 Å². The van der Waals surface area contributed by atoms with Crippen molar-refractivity contribution in [1.29, 1.82) is 0 Å². The number of carbonyl (C=O) groups excluding carboxylic acids is 2. The van der Waals surface area contributed by atoms with E-state index in [4.69, 9.17) is 4.74 Å². The molecule has 1 aromatic heterocycles. The lowest BCUT2D eigenvalue weighted by Crippen LogP contribution is -2.52. The van der Waals surface area contributed by atoms with E-state index in [-0.39, 0.29) is 24.6 Å². The summed E-state index contributed by atoms with van der Waals surface area (Å²) in [5.41, 5.74) is 4.68. The highest BCUT2D eigenvalue weighted by molar-refractivity contribution is 7.99. The fourth-order valence-corrected chi connectivity index (χ4v) is 5.31. The summed E-state index contributed by atoms with van der Waals surface area (Å²) in [5.74, 6) is 0.412. The Balaban J connectivity index is 1.39. The second-order valence-corrected chi connectivity index (χ2v) is 9.44. The number of benzene rings is 3. The summed E-state index contributed by atoms with van der Waals surface area (Å²) in [6.07, 6.45) is 1.84. The maximum Gasteiger partial charge on any atom is 0.320 e. The van der Waals surface area contributed by atoms with Crippen molar-refractivity contribution in [3.05, 3.63) is 90.1 Å². The average Bonchev–Trinajstić information content (AvgIpc) is 3.34. The van der Waals surface area contributed by atoms with Gasteiger partial charge < -0.3 is 25.3 Å². The molecule has 1 aliphatic rings. The van der Waals surface area contributed by atoms with Gasteiger partial charge in [-0.2, -0.15) is 0 Å². The SMILES string of the molecule is COC(=O)Cc1ccc2c(c1)N(Cc1ccccc1)C(NC(=O)Nc1ccc3cc[nH]c3c1)CS2. The second kappa shape index (κ2) is 10.1. The standard InChI is InChI=1S/C27H26N4O3S/c1-34-26(32)14-19-7-10-24-23(13-19)31(16-18-5-3-2-4-6-18)25(17-35-24)30-27(33)29-21-9-8-20-11-12-28-22(20)15-21/h2-13,15,25,28H,14,16-17H2,1H3,(H2,29,30,33). The molecule has 0 aliphatic carbocycles. The first kappa shape index (κ1) is 22.9. The maximum absolute atomic E-state index is 13.0. The molecule has 35 heavy (non-hydrogen) atoms. The predicted octanol–water partition coefficient (Wildman–Crippen LogP) is 5.14. The molecule has 0 saturated heterocycles. The third-order valence-corrected chi connectivity index (χ3v) is 7.13. The Bertz CT molecular complexity index is 1360. The number of thioether (sulfide) groups is 1. The van der Waals surface area contributed by atoms with Gasteiger partial charge >= 0.3 is 12.0 Å². The van der Waals surface area contributed by atoms with Crippen LogP contribution in [0.5, 0.6) is 0 Å². The molecule has 2 amide bonds. The van der Waals surface area contributed by atoms with E-state index in [9.17, 15) is 9.59 Å². The molecule has 1 aliphatic heterocycles. The van der Waals surface area contributed by atoms with E-state index in [1.54, 1.807) is 11.8 Å². The molecule has 0 fully saturated rings. The zero-order valence-electron chi connectivity index (χ0n) is 19.3. The van der Waals surface area contributed by atoms with Crippen molar-refractivity contribution in [1.82, 2.24) is 10.3 Å². The van der Waals surface area contributed by atoms with Crippen LogP contribution in [0.4, 0.5) is 16.2 Å². The van der Waals surface area contributed by atoms with Gasteiger partial charge in [0.05, 0.1) is 19.2 Å². The first-order valence-electron chi connectivity index (χ1n) is 11.4. The Morgan fingerprint density at radius 3 is 2.74 bits per heavy atom. The van der Waals surface area contributed by atoms with E-state index >= 15 is 0 Å². The number of aromatic nitrogens is 1. The fraction of sp³-hybridized carbons (Fsp3) is 0.185. The first-order valence-corrected chi connectivity index (χ1v) is 12.4. The number of esters is 1. The number of methoxy groups -OCH3 is 1. The predicted molar refractivity (Wildman–Crippen MR) is 140 cm³/mol. The van der Waals surface area contributed by atoms with Crippen molar-refractivity contribution < 1.29 is 14.3 Å². The van der Waals surface area contributed by atoms with Gasteiger partial charge in [0.15, 0.2) is 0 Å². The van der Waals surface area contributed by atoms with E-state index in [1.807, 2.05) is 66.9 Å². The van der Waals surface area contributed by atoms with E-state index < -0.39 is 0 Å². The largest absolute Gasteiger partial charge is 0.469 e. The molecule has 3 N–H and O–H groups in total. The summed E-state index contributed by atoms with van der Waals surface area (Å²) in [6.45, 7) is 0.620. The van der Waals surface area contributed by atoms with Gasteiger partial charge in [-0.3, -0.25) is 4.79 Å². The van der Waals surface area contributed by atoms with Gasteiger partial charge in [0.25, 0.3) is 0 Å². The van der Waals surface area contributed by atoms with Crippen molar-refractivity contribution >= 4 is 46.0 Å². The molecule has 5 rings (SSSR count).